The molecular formula is C28H32Cl3NO4. The van der Waals surface area contributed by atoms with Crippen molar-refractivity contribution in [1.29, 1.82) is 0 Å². The van der Waals surface area contributed by atoms with Gasteiger partial charge >= 0.3 is 6.09 Å². The van der Waals surface area contributed by atoms with Crippen LogP contribution in [0, 0.1) is 5.92 Å². The maximum absolute atomic E-state index is 14.0. The van der Waals surface area contributed by atoms with Crippen molar-refractivity contribution in [3.8, 4) is 0 Å². The minimum absolute atomic E-state index is 0.0247. The molecule has 194 valence electrons. The van der Waals surface area contributed by atoms with Crippen LogP contribution < -0.4 is 0 Å². The van der Waals surface area contributed by atoms with Gasteiger partial charge in [0.1, 0.15) is 5.60 Å². The van der Waals surface area contributed by atoms with Gasteiger partial charge in [0, 0.05) is 33.6 Å². The van der Waals surface area contributed by atoms with Gasteiger partial charge in [-0.05, 0) is 94.7 Å². The van der Waals surface area contributed by atoms with Crippen LogP contribution >= 0.6 is 34.8 Å². The van der Waals surface area contributed by atoms with Crippen molar-refractivity contribution in [2.75, 3.05) is 6.61 Å². The highest BCUT2D eigenvalue weighted by Gasteiger charge is 2.66. The molecule has 2 fully saturated rings. The molecule has 8 heteroatoms. The van der Waals surface area contributed by atoms with Crippen LogP contribution in [0.5, 0.6) is 0 Å². The van der Waals surface area contributed by atoms with Gasteiger partial charge in [0.25, 0.3) is 5.91 Å². The highest BCUT2D eigenvalue weighted by Crippen LogP contribution is 2.59. The Kier molecular flexibility index (Phi) is 7.70. The first-order chi connectivity index (χ1) is 16.9. The van der Waals surface area contributed by atoms with E-state index in [1.165, 1.54) is 4.90 Å². The normalized spacial score (nSPS) is 28.2. The molecule has 2 amide bonds. The summed E-state index contributed by atoms with van der Waals surface area (Å²) in [4.78, 5) is 28.6. The van der Waals surface area contributed by atoms with Crippen LogP contribution in [0.3, 0.4) is 0 Å². The van der Waals surface area contributed by atoms with E-state index in [-0.39, 0.29) is 23.7 Å². The van der Waals surface area contributed by atoms with E-state index in [0.717, 1.165) is 11.1 Å². The molecule has 2 aliphatic rings. The Labute approximate surface area is 228 Å². The number of fused-ring (bicyclic) bond motifs is 1. The largest absolute Gasteiger partial charge is 0.443 e. The smallest absolute Gasteiger partial charge is 0.417 e. The van der Waals surface area contributed by atoms with Crippen molar-refractivity contribution in [2.24, 2.45) is 5.92 Å². The summed E-state index contributed by atoms with van der Waals surface area (Å²) in [5.41, 5.74) is 0.0833. The third kappa shape index (κ3) is 4.88. The van der Waals surface area contributed by atoms with Crippen LogP contribution in [-0.2, 0) is 14.3 Å². The number of hydrogen-bond donors (Lipinski definition) is 0. The van der Waals surface area contributed by atoms with E-state index in [0.29, 0.717) is 34.5 Å². The van der Waals surface area contributed by atoms with E-state index in [1.807, 2.05) is 50.2 Å². The van der Waals surface area contributed by atoms with Crippen molar-refractivity contribution >= 4 is 46.8 Å². The lowest BCUT2D eigenvalue weighted by Crippen LogP contribution is -2.52. The van der Waals surface area contributed by atoms with Gasteiger partial charge in [0.15, 0.2) is 5.60 Å². The Morgan fingerprint density at radius 2 is 1.72 bits per heavy atom. The fraction of sp³-hybridized carbons (Fsp3) is 0.500. The third-order valence-corrected chi connectivity index (χ3v) is 8.12. The number of nitrogens with zero attached hydrogens (tertiary/aromatic N) is 1. The van der Waals surface area contributed by atoms with Crippen molar-refractivity contribution in [2.45, 2.75) is 76.5 Å². The fourth-order valence-corrected chi connectivity index (χ4v) is 6.74. The molecule has 5 atom stereocenters. The van der Waals surface area contributed by atoms with Gasteiger partial charge in [-0.1, -0.05) is 53.0 Å². The molecule has 2 aromatic carbocycles. The van der Waals surface area contributed by atoms with E-state index < -0.39 is 23.3 Å². The van der Waals surface area contributed by atoms with Crippen LogP contribution in [-0.4, -0.2) is 40.8 Å². The second kappa shape index (κ2) is 10.2. The predicted molar refractivity (Wildman–Crippen MR) is 143 cm³/mol. The van der Waals surface area contributed by atoms with Crippen molar-refractivity contribution in [3.63, 3.8) is 0 Å². The molecule has 1 heterocycles. The molecule has 0 N–H and O–H groups in total. The number of likely N-dealkylation sites (tertiary alicyclic amines) is 1. The first-order valence-electron chi connectivity index (χ1n) is 12.3. The average Bonchev–Trinajstić information content (AvgIpc) is 3.00. The number of ether oxygens (including phenoxy) is 2. The molecule has 0 spiro atoms. The number of imide groups is 1. The number of amides is 2. The summed E-state index contributed by atoms with van der Waals surface area (Å²) in [6.45, 7) is 9.49. The molecule has 4 rings (SSSR count). The van der Waals surface area contributed by atoms with Gasteiger partial charge in [0.2, 0.25) is 0 Å². The summed E-state index contributed by atoms with van der Waals surface area (Å²) in [6, 6.07) is 12.7. The average molecular weight is 553 g/mol. The van der Waals surface area contributed by atoms with Crippen LogP contribution in [0.1, 0.15) is 70.4 Å². The van der Waals surface area contributed by atoms with Crippen LogP contribution in [0.15, 0.2) is 42.5 Å². The SMILES string of the molecule is CCO[C@@]12CC[C@@H](c3ccc(Cl)cc3Cl)[C@H](c3ccc(Cl)cc3)[C@@H]1C(C)N(C(=O)OC(C)(C)C)C2=O. The van der Waals surface area contributed by atoms with Gasteiger partial charge in [0.05, 0.1) is 0 Å². The first kappa shape index (κ1) is 27.3. The summed E-state index contributed by atoms with van der Waals surface area (Å²) in [5.74, 6) is -0.865. The number of carbonyl (C=O) groups excluding carboxylic acids is 2. The van der Waals surface area contributed by atoms with Crippen molar-refractivity contribution in [3.05, 3.63) is 68.7 Å². The second-order valence-electron chi connectivity index (χ2n) is 10.6. The molecule has 0 bridgehead atoms. The molecule has 0 aromatic heterocycles. The lowest BCUT2D eigenvalue weighted by molar-refractivity contribution is -0.157. The summed E-state index contributed by atoms with van der Waals surface area (Å²) in [7, 11) is 0. The summed E-state index contributed by atoms with van der Waals surface area (Å²) in [5, 5.41) is 1.76. The topological polar surface area (TPSA) is 55.8 Å². The Morgan fingerprint density at radius 1 is 1.08 bits per heavy atom. The van der Waals surface area contributed by atoms with E-state index in [9.17, 15) is 9.59 Å². The van der Waals surface area contributed by atoms with Gasteiger partial charge in [-0.3, -0.25) is 4.79 Å². The molecule has 1 saturated carbocycles. The molecule has 1 saturated heterocycles. The Morgan fingerprint density at radius 3 is 2.31 bits per heavy atom. The van der Waals surface area contributed by atoms with Gasteiger partial charge in [-0.2, -0.15) is 0 Å². The number of halogens is 3. The minimum Gasteiger partial charge on any atom is -0.443 e. The lowest BCUT2D eigenvalue weighted by atomic mass is 9.59. The van der Waals surface area contributed by atoms with Crippen LogP contribution in [0.4, 0.5) is 4.79 Å². The number of hydrogen-bond acceptors (Lipinski definition) is 4. The molecule has 5 nitrogen and oxygen atoms in total. The summed E-state index contributed by atoms with van der Waals surface area (Å²) in [6.07, 6.45) is 0.456. The number of carbonyl (C=O) groups is 2. The van der Waals surface area contributed by atoms with Gasteiger partial charge < -0.3 is 9.47 Å². The maximum atomic E-state index is 14.0. The molecule has 2 aromatic rings. The van der Waals surface area contributed by atoms with E-state index in [1.54, 1.807) is 26.8 Å². The Bertz CT molecular complexity index is 1150. The highest BCUT2D eigenvalue weighted by atomic mass is 35.5. The molecule has 36 heavy (non-hydrogen) atoms. The quantitative estimate of drug-likeness (QED) is 0.387. The van der Waals surface area contributed by atoms with Gasteiger partial charge in [-0.25, -0.2) is 9.69 Å². The predicted octanol–water partition coefficient (Wildman–Crippen LogP) is 7.87. The first-order valence-corrected chi connectivity index (χ1v) is 13.4. The summed E-state index contributed by atoms with van der Waals surface area (Å²) >= 11 is 19.1. The molecule has 1 aliphatic heterocycles. The third-order valence-electron chi connectivity index (χ3n) is 7.30. The van der Waals surface area contributed by atoms with E-state index >= 15 is 0 Å². The highest BCUT2D eigenvalue weighted by molar-refractivity contribution is 6.35. The lowest BCUT2D eigenvalue weighted by Gasteiger charge is -2.47. The Balaban J connectivity index is 1.88. The number of benzene rings is 2. The van der Waals surface area contributed by atoms with Crippen LogP contribution in [0.25, 0.3) is 0 Å². The van der Waals surface area contributed by atoms with Crippen molar-refractivity contribution in [1.82, 2.24) is 4.90 Å². The zero-order valence-corrected chi connectivity index (χ0v) is 23.5. The fourth-order valence-electron chi connectivity index (χ4n) is 6.07. The van der Waals surface area contributed by atoms with Gasteiger partial charge in [-0.15, -0.1) is 0 Å². The molecule has 1 aliphatic carbocycles. The standard InChI is InChI=1S/C28H32Cl3NO4/c1-6-35-28-14-13-21(20-12-11-19(30)15-22(20)31)23(17-7-9-18(29)10-8-17)24(28)16(2)32(25(28)33)26(34)36-27(3,4)5/h7-12,15-16,21,23-24H,6,13-14H2,1-5H3/t16?,21-,23-,24-,28-/m0/s1. The minimum atomic E-state index is -1.15. The summed E-state index contributed by atoms with van der Waals surface area (Å²) < 4.78 is 12.0. The van der Waals surface area contributed by atoms with E-state index in [2.05, 4.69) is 0 Å². The number of rotatable bonds is 4. The van der Waals surface area contributed by atoms with Crippen LogP contribution in [0.2, 0.25) is 15.1 Å². The maximum Gasteiger partial charge on any atom is 0.417 e. The Hall–Kier alpha value is -1.79. The molecule has 0 radical (unpaired) electrons. The second-order valence-corrected chi connectivity index (χ2v) is 11.9. The van der Waals surface area contributed by atoms with E-state index in [4.69, 9.17) is 44.3 Å². The zero-order chi connectivity index (χ0) is 26.4. The zero-order valence-electron chi connectivity index (χ0n) is 21.2. The monoisotopic (exact) mass is 551 g/mol. The van der Waals surface area contributed by atoms with Crippen molar-refractivity contribution < 1.29 is 19.1 Å². The molecular weight excluding hydrogens is 521 g/mol. The molecule has 1 unspecified atom stereocenters.